The number of halogens is 1. The van der Waals surface area contributed by atoms with Crippen LogP contribution in [0.2, 0.25) is 0 Å². The molecule has 2 N–H and O–H groups in total. The smallest absolute Gasteiger partial charge is 0.255 e. The molecule has 0 heterocycles. The van der Waals surface area contributed by atoms with Gasteiger partial charge in [0.05, 0.1) is 5.56 Å². The predicted octanol–water partition coefficient (Wildman–Crippen LogP) is 2.99. The largest absolute Gasteiger partial charge is 0.507 e. The molecule has 0 spiro atoms. The second-order valence-electron chi connectivity index (χ2n) is 4.07. The van der Waals surface area contributed by atoms with Crippen LogP contribution in [0.15, 0.2) is 18.2 Å². The van der Waals surface area contributed by atoms with E-state index < -0.39 is 0 Å². The van der Waals surface area contributed by atoms with E-state index in [-0.39, 0.29) is 11.7 Å². The predicted molar refractivity (Wildman–Crippen MR) is 72.8 cm³/mol. The fourth-order valence-electron chi connectivity index (χ4n) is 1.48. The summed E-state index contributed by atoms with van der Waals surface area (Å²) in [7, 11) is 0. The molecule has 1 amide bonds. The number of alkyl halides is 1. The van der Waals surface area contributed by atoms with Crippen molar-refractivity contribution in [3.63, 3.8) is 0 Å². The highest BCUT2D eigenvalue weighted by Gasteiger charge is 2.10. The molecule has 0 bridgehead atoms. The number of aryl methyl sites for hydroxylation is 1. The molecule has 1 atom stereocenters. The first-order valence-electron chi connectivity index (χ1n) is 5.76. The second-order valence-corrected chi connectivity index (χ2v) is 5.37. The van der Waals surface area contributed by atoms with Crippen molar-refractivity contribution in [1.29, 1.82) is 0 Å². The lowest BCUT2D eigenvalue weighted by molar-refractivity contribution is 0.0950. The van der Waals surface area contributed by atoms with Gasteiger partial charge < -0.3 is 10.4 Å². The highest BCUT2D eigenvalue weighted by Crippen LogP contribution is 2.18. The van der Waals surface area contributed by atoms with Crippen molar-refractivity contribution < 1.29 is 9.90 Å². The van der Waals surface area contributed by atoms with Gasteiger partial charge in [-0.3, -0.25) is 4.79 Å². The number of aromatic hydroxyl groups is 1. The highest BCUT2D eigenvalue weighted by molar-refractivity contribution is 9.09. The van der Waals surface area contributed by atoms with Gasteiger partial charge in [-0.15, -0.1) is 0 Å². The molecule has 0 radical (unpaired) electrons. The monoisotopic (exact) mass is 299 g/mol. The topological polar surface area (TPSA) is 49.3 Å². The quantitative estimate of drug-likeness (QED) is 0.821. The summed E-state index contributed by atoms with van der Waals surface area (Å²) < 4.78 is 0. The molecular weight excluding hydrogens is 282 g/mol. The van der Waals surface area contributed by atoms with Crippen molar-refractivity contribution in [2.75, 3.05) is 6.54 Å². The lowest BCUT2D eigenvalue weighted by Crippen LogP contribution is -2.26. The van der Waals surface area contributed by atoms with E-state index >= 15 is 0 Å². The summed E-state index contributed by atoms with van der Waals surface area (Å²) in [5.74, 6) is -0.188. The summed E-state index contributed by atoms with van der Waals surface area (Å²) in [4.78, 5) is 12.2. The Kier molecular flexibility index (Phi) is 5.48. The van der Waals surface area contributed by atoms with E-state index in [1.807, 2.05) is 13.0 Å². The lowest BCUT2D eigenvalue weighted by atomic mass is 10.1. The maximum Gasteiger partial charge on any atom is 0.255 e. The molecule has 1 rings (SSSR count). The molecule has 0 saturated heterocycles. The van der Waals surface area contributed by atoms with Gasteiger partial charge in [0.2, 0.25) is 0 Å². The molecule has 1 unspecified atom stereocenters. The van der Waals surface area contributed by atoms with Crippen molar-refractivity contribution in [1.82, 2.24) is 5.32 Å². The summed E-state index contributed by atoms with van der Waals surface area (Å²) in [6.07, 6.45) is 1.92. The second kappa shape index (κ2) is 6.64. The van der Waals surface area contributed by atoms with Gasteiger partial charge in [-0.05, 0) is 37.5 Å². The molecule has 4 heteroatoms. The standard InChI is InChI=1S/C13H18BrNO2/c1-3-10(14)6-7-15-13(17)11-5-4-9(2)8-12(11)16/h4-5,8,10,16H,3,6-7H2,1-2H3,(H,15,17). The van der Waals surface area contributed by atoms with Gasteiger partial charge in [0, 0.05) is 11.4 Å². The Bertz CT molecular complexity index is 393. The summed E-state index contributed by atoms with van der Waals surface area (Å²) >= 11 is 3.51. The molecule has 0 saturated carbocycles. The fraction of sp³-hybridized carbons (Fsp3) is 0.462. The average Bonchev–Trinajstić information content (AvgIpc) is 2.28. The fourth-order valence-corrected chi connectivity index (χ4v) is 1.70. The molecular formula is C13H18BrNO2. The Labute approximate surface area is 110 Å². The summed E-state index contributed by atoms with van der Waals surface area (Å²) in [5.41, 5.74) is 1.27. The maximum atomic E-state index is 11.8. The van der Waals surface area contributed by atoms with Crippen LogP contribution < -0.4 is 5.32 Å². The first kappa shape index (κ1) is 14.0. The Morgan fingerprint density at radius 3 is 2.82 bits per heavy atom. The zero-order chi connectivity index (χ0) is 12.8. The van der Waals surface area contributed by atoms with E-state index in [0.717, 1.165) is 18.4 Å². The van der Waals surface area contributed by atoms with E-state index in [1.165, 1.54) is 0 Å². The Hall–Kier alpha value is -1.03. The van der Waals surface area contributed by atoms with E-state index in [2.05, 4.69) is 28.2 Å². The Balaban J connectivity index is 2.52. The van der Waals surface area contributed by atoms with Crippen molar-refractivity contribution in [2.45, 2.75) is 31.5 Å². The van der Waals surface area contributed by atoms with Crippen molar-refractivity contribution >= 4 is 21.8 Å². The summed E-state index contributed by atoms with van der Waals surface area (Å²) in [6.45, 7) is 4.57. The summed E-state index contributed by atoms with van der Waals surface area (Å²) in [6, 6.07) is 5.05. The zero-order valence-electron chi connectivity index (χ0n) is 10.2. The van der Waals surface area contributed by atoms with Crippen LogP contribution >= 0.6 is 15.9 Å². The normalized spacial score (nSPS) is 12.2. The van der Waals surface area contributed by atoms with E-state index in [0.29, 0.717) is 16.9 Å². The molecule has 0 aliphatic carbocycles. The number of amides is 1. The van der Waals surface area contributed by atoms with Crippen molar-refractivity contribution in [3.05, 3.63) is 29.3 Å². The van der Waals surface area contributed by atoms with Gasteiger partial charge in [0.1, 0.15) is 5.75 Å². The van der Waals surface area contributed by atoms with Crippen LogP contribution in [0, 0.1) is 6.92 Å². The number of carbonyl (C=O) groups excluding carboxylic acids is 1. The van der Waals surface area contributed by atoms with Gasteiger partial charge in [0.15, 0.2) is 0 Å². The van der Waals surface area contributed by atoms with Gasteiger partial charge in [0.25, 0.3) is 5.91 Å². The number of phenols is 1. The third-order valence-electron chi connectivity index (χ3n) is 2.58. The molecule has 94 valence electrons. The van der Waals surface area contributed by atoms with Gasteiger partial charge in [-0.1, -0.05) is 28.9 Å². The first-order chi connectivity index (χ1) is 8.04. The van der Waals surface area contributed by atoms with Gasteiger partial charge >= 0.3 is 0 Å². The Morgan fingerprint density at radius 1 is 1.53 bits per heavy atom. The molecule has 0 aliphatic heterocycles. The summed E-state index contributed by atoms with van der Waals surface area (Å²) in [5, 5.41) is 12.4. The molecule has 0 fully saturated rings. The zero-order valence-corrected chi connectivity index (χ0v) is 11.8. The third-order valence-corrected chi connectivity index (χ3v) is 3.69. The van der Waals surface area contributed by atoms with Crippen LogP contribution in [0.1, 0.15) is 35.7 Å². The lowest BCUT2D eigenvalue weighted by Gasteiger charge is -2.09. The molecule has 1 aromatic rings. The number of rotatable bonds is 5. The van der Waals surface area contributed by atoms with Crippen LogP contribution in [0.25, 0.3) is 0 Å². The number of phenolic OH excluding ortho intramolecular Hbond substituents is 1. The van der Waals surface area contributed by atoms with Crippen LogP contribution in [0.4, 0.5) is 0 Å². The van der Waals surface area contributed by atoms with E-state index in [9.17, 15) is 9.90 Å². The van der Waals surface area contributed by atoms with E-state index in [1.54, 1.807) is 12.1 Å². The van der Waals surface area contributed by atoms with Crippen molar-refractivity contribution in [3.8, 4) is 5.75 Å². The minimum Gasteiger partial charge on any atom is -0.507 e. The SMILES string of the molecule is CCC(Br)CCNC(=O)c1ccc(C)cc1O. The van der Waals surface area contributed by atoms with Crippen LogP contribution in [0.3, 0.4) is 0 Å². The maximum absolute atomic E-state index is 11.8. The number of carbonyl (C=O) groups is 1. The number of hydrogen-bond acceptors (Lipinski definition) is 2. The minimum atomic E-state index is -0.224. The number of hydrogen-bond donors (Lipinski definition) is 2. The average molecular weight is 300 g/mol. The minimum absolute atomic E-state index is 0.0355. The molecule has 0 aliphatic rings. The van der Waals surface area contributed by atoms with Gasteiger partial charge in [-0.25, -0.2) is 0 Å². The Morgan fingerprint density at radius 2 is 2.24 bits per heavy atom. The molecule has 3 nitrogen and oxygen atoms in total. The van der Waals surface area contributed by atoms with Crippen molar-refractivity contribution in [2.24, 2.45) is 0 Å². The third kappa shape index (κ3) is 4.38. The molecule has 1 aromatic carbocycles. The molecule has 0 aromatic heterocycles. The van der Waals surface area contributed by atoms with Crippen LogP contribution in [-0.2, 0) is 0 Å². The van der Waals surface area contributed by atoms with E-state index in [4.69, 9.17) is 0 Å². The highest BCUT2D eigenvalue weighted by atomic mass is 79.9. The van der Waals surface area contributed by atoms with Gasteiger partial charge in [-0.2, -0.15) is 0 Å². The van der Waals surface area contributed by atoms with Crippen LogP contribution in [-0.4, -0.2) is 22.4 Å². The van der Waals surface area contributed by atoms with Crippen LogP contribution in [0.5, 0.6) is 5.75 Å². The number of benzene rings is 1. The number of nitrogens with one attached hydrogen (secondary N) is 1. The first-order valence-corrected chi connectivity index (χ1v) is 6.68. The molecule has 17 heavy (non-hydrogen) atoms.